The van der Waals surface area contributed by atoms with Crippen LogP contribution in [-0.2, 0) is 22.2 Å². The maximum Gasteiger partial charge on any atom is 0.416 e. The number of aliphatic carboxylic acids is 1. The zero-order valence-electron chi connectivity index (χ0n) is 25.5. The highest BCUT2D eigenvalue weighted by Crippen LogP contribution is 2.33. The van der Waals surface area contributed by atoms with Crippen molar-refractivity contribution >= 4 is 11.9 Å². The van der Waals surface area contributed by atoms with Crippen LogP contribution in [0.5, 0.6) is 0 Å². The molecule has 0 unspecified atom stereocenters. The normalized spacial score (nSPS) is 13.3. The third-order valence-corrected chi connectivity index (χ3v) is 7.38. The second-order valence-corrected chi connectivity index (χ2v) is 11.7. The van der Waals surface area contributed by atoms with Crippen LogP contribution in [0.2, 0.25) is 0 Å². The van der Waals surface area contributed by atoms with Gasteiger partial charge in [0.25, 0.3) is 5.56 Å². The summed E-state index contributed by atoms with van der Waals surface area (Å²) in [4.78, 5) is 40.5. The van der Waals surface area contributed by atoms with Gasteiger partial charge in [-0.3, -0.25) is 14.4 Å². The topological polar surface area (TPSA) is 91.6 Å². The van der Waals surface area contributed by atoms with Gasteiger partial charge in [0.15, 0.2) is 0 Å². The molecule has 0 aliphatic rings. The van der Waals surface area contributed by atoms with Crippen molar-refractivity contribution in [3.63, 3.8) is 0 Å². The van der Waals surface area contributed by atoms with Gasteiger partial charge < -0.3 is 19.9 Å². The predicted octanol–water partition coefficient (Wildman–Crippen LogP) is 6.17. The van der Waals surface area contributed by atoms with Crippen LogP contribution in [0.25, 0.3) is 11.1 Å². The quantitative estimate of drug-likeness (QED) is 0.260. The highest BCUT2D eigenvalue weighted by molar-refractivity contribution is 5.82. The third kappa shape index (κ3) is 8.79. The van der Waals surface area contributed by atoms with Crippen LogP contribution in [0, 0.1) is 19.8 Å². The second-order valence-electron chi connectivity index (χ2n) is 11.7. The van der Waals surface area contributed by atoms with E-state index >= 15 is 0 Å². The predicted molar refractivity (Wildman–Crippen MR) is 161 cm³/mol. The number of hydrogen-bond acceptors (Lipinski definition) is 4. The zero-order valence-corrected chi connectivity index (χ0v) is 25.5. The minimum absolute atomic E-state index is 0.0187. The molecule has 1 aromatic heterocycles. The van der Waals surface area contributed by atoms with Gasteiger partial charge in [-0.05, 0) is 86.1 Å². The number of aryl methyl sites for hydroxylation is 2. The number of carbonyl (C=O) groups excluding carboxylic acids is 1. The van der Waals surface area contributed by atoms with Crippen molar-refractivity contribution in [2.24, 2.45) is 5.92 Å². The molecule has 0 bridgehead atoms. The number of aromatic nitrogens is 1. The summed E-state index contributed by atoms with van der Waals surface area (Å²) in [6.07, 6.45) is -3.85. The van der Waals surface area contributed by atoms with Crippen molar-refractivity contribution in [3.05, 3.63) is 92.9 Å². The van der Waals surface area contributed by atoms with Crippen LogP contribution >= 0.6 is 0 Å². The average Bonchev–Trinajstić information content (AvgIpc) is 2.89. The van der Waals surface area contributed by atoms with Gasteiger partial charge in [0.2, 0.25) is 5.91 Å². The summed E-state index contributed by atoms with van der Waals surface area (Å²) in [6, 6.07) is 11.7. The number of carbonyl (C=O) groups is 2. The molecule has 10 heteroatoms. The van der Waals surface area contributed by atoms with Gasteiger partial charge in [-0.25, -0.2) is 0 Å². The van der Waals surface area contributed by atoms with E-state index in [0.29, 0.717) is 18.2 Å². The Morgan fingerprint density at radius 3 is 2.21 bits per heavy atom. The number of likely N-dealkylation sites (N-methyl/N-ethyl adjacent to an activating group) is 1. The minimum atomic E-state index is -4.73. The molecule has 2 aromatic carbocycles. The fourth-order valence-corrected chi connectivity index (χ4v) is 5.31. The first-order valence-corrected chi connectivity index (χ1v) is 14.2. The molecule has 3 rings (SSSR count). The number of nitrogens with one attached hydrogen (secondary N) is 1. The van der Waals surface area contributed by atoms with E-state index < -0.39 is 47.7 Å². The molecule has 2 N–H and O–H groups in total. The average molecular weight is 600 g/mol. The number of hydrogen-bond donors (Lipinski definition) is 2. The van der Waals surface area contributed by atoms with E-state index in [4.69, 9.17) is 0 Å². The fraction of sp³-hybridized carbons (Fsp3) is 0.424. The summed E-state index contributed by atoms with van der Waals surface area (Å²) in [5.74, 6) is -1.88. The zero-order chi connectivity index (χ0) is 32.1. The number of halogens is 3. The minimum Gasteiger partial charge on any atom is -0.481 e. The lowest BCUT2D eigenvalue weighted by Crippen LogP contribution is -2.40. The molecule has 2 atom stereocenters. The second kappa shape index (κ2) is 14.0. The smallest absolute Gasteiger partial charge is 0.416 e. The summed E-state index contributed by atoms with van der Waals surface area (Å²) in [5, 5.41) is 12.5. The summed E-state index contributed by atoms with van der Waals surface area (Å²) in [7, 11) is 3.46. The maximum atomic E-state index is 13.8. The molecule has 0 spiro atoms. The van der Waals surface area contributed by atoms with Crippen LogP contribution in [-0.4, -0.2) is 47.1 Å². The van der Waals surface area contributed by atoms with E-state index in [9.17, 15) is 32.7 Å². The molecular formula is C33H40F3N3O4. The summed E-state index contributed by atoms with van der Waals surface area (Å²) in [5.41, 5.74) is 2.45. The molecule has 0 radical (unpaired) electrons. The number of carboxylic acids is 1. The first kappa shape index (κ1) is 33.6. The molecule has 1 heterocycles. The van der Waals surface area contributed by atoms with Crippen LogP contribution in [0.15, 0.2) is 59.5 Å². The number of rotatable bonds is 12. The Morgan fingerprint density at radius 1 is 1.02 bits per heavy atom. The van der Waals surface area contributed by atoms with Crippen LogP contribution < -0.4 is 10.9 Å². The number of nitrogens with zero attached hydrogens (tertiary/aromatic N) is 2. The summed E-state index contributed by atoms with van der Waals surface area (Å²) in [6.45, 7) is 7.95. The Hall–Kier alpha value is -3.92. The molecule has 0 saturated heterocycles. The molecule has 0 fully saturated rings. The Labute approximate surface area is 250 Å². The van der Waals surface area contributed by atoms with E-state index in [1.807, 2.05) is 58.0 Å². The molecule has 0 aliphatic carbocycles. The summed E-state index contributed by atoms with van der Waals surface area (Å²) >= 11 is 0. The molecule has 0 aliphatic heterocycles. The first-order valence-electron chi connectivity index (χ1n) is 14.2. The molecule has 3 aromatic rings. The van der Waals surface area contributed by atoms with Crippen molar-refractivity contribution in [2.45, 2.75) is 65.2 Å². The highest BCUT2D eigenvalue weighted by atomic mass is 19.4. The molecular weight excluding hydrogens is 559 g/mol. The number of carboxylic acid groups (broad SMARTS) is 1. The molecule has 1 amide bonds. The first-order chi connectivity index (χ1) is 20.1. The van der Waals surface area contributed by atoms with Crippen molar-refractivity contribution < 1.29 is 27.9 Å². The van der Waals surface area contributed by atoms with E-state index in [0.717, 1.165) is 33.0 Å². The lowest BCUT2D eigenvalue weighted by molar-refractivity contribution is -0.139. The number of amides is 1. The lowest BCUT2D eigenvalue weighted by Gasteiger charge is -2.26. The Kier molecular flexibility index (Phi) is 11.0. The Balaban J connectivity index is 2.06. The highest BCUT2D eigenvalue weighted by Gasteiger charge is 2.35. The summed E-state index contributed by atoms with van der Waals surface area (Å²) < 4.78 is 42.6. The molecule has 43 heavy (non-hydrogen) atoms. The monoisotopic (exact) mass is 599 g/mol. The molecule has 7 nitrogen and oxygen atoms in total. The van der Waals surface area contributed by atoms with Gasteiger partial charge in [0, 0.05) is 18.8 Å². The lowest BCUT2D eigenvalue weighted by atomic mass is 9.92. The van der Waals surface area contributed by atoms with Crippen LogP contribution in [0.4, 0.5) is 13.2 Å². The maximum absolute atomic E-state index is 13.8. The standard InChI is InChI=1S/C33H40F3N3O4/c1-20(2)15-28(39-19-25(13-14-38(5)6)26(17-29(39)40)33(34,35)36)32(43)37-27(18-30(41)42)23-11-8-12-24(16-23)31-21(3)9-7-10-22(31)4/h7-12,16-17,19-20,27-28H,13-15,18H2,1-6H3,(H,37,43)(H,41,42)/t27-,28-/m0/s1. The van der Waals surface area contributed by atoms with Crippen molar-refractivity contribution in [2.75, 3.05) is 20.6 Å². The van der Waals surface area contributed by atoms with Gasteiger partial charge >= 0.3 is 12.1 Å². The van der Waals surface area contributed by atoms with Gasteiger partial charge in [0.1, 0.15) is 6.04 Å². The van der Waals surface area contributed by atoms with Crippen LogP contribution in [0.1, 0.15) is 66.6 Å². The third-order valence-electron chi connectivity index (χ3n) is 7.38. The number of benzene rings is 2. The molecule has 0 saturated carbocycles. The Bertz CT molecular complexity index is 1490. The van der Waals surface area contributed by atoms with Crippen molar-refractivity contribution in [1.29, 1.82) is 0 Å². The van der Waals surface area contributed by atoms with E-state index in [1.165, 1.54) is 0 Å². The van der Waals surface area contributed by atoms with Gasteiger partial charge in [-0.1, -0.05) is 50.2 Å². The van der Waals surface area contributed by atoms with Crippen LogP contribution in [0.3, 0.4) is 0 Å². The Morgan fingerprint density at radius 2 is 1.65 bits per heavy atom. The SMILES string of the molecule is Cc1cccc(C)c1-c1cccc([C@H](CC(=O)O)NC(=O)[C@H](CC(C)C)n2cc(CCN(C)C)c(C(F)(F)F)cc2=O)c1. The fourth-order valence-electron chi connectivity index (χ4n) is 5.31. The van der Waals surface area contributed by atoms with Gasteiger partial charge in [0.05, 0.1) is 18.0 Å². The van der Waals surface area contributed by atoms with E-state index in [-0.39, 0.29) is 24.3 Å². The van der Waals surface area contributed by atoms with E-state index in [2.05, 4.69) is 5.32 Å². The van der Waals surface area contributed by atoms with E-state index in [1.54, 1.807) is 31.1 Å². The van der Waals surface area contributed by atoms with Crippen molar-refractivity contribution in [3.8, 4) is 11.1 Å². The number of pyridine rings is 1. The largest absolute Gasteiger partial charge is 0.481 e. The molecule has 232 valence electrons. The number of alkyl halides is 3. The van der Waals surface area contributed by atoms with Crippen molar-refractivity contribution in [1.82, 2.24) is 14.8 Å². The van der Waals surface area contributed by atoms with Gasteiger partial charge in [-0.2, -0.15) is 13.2 Å². The van der Waals surface area contributed by atoms with Gasteiger partial charge in [-0.15, -0.1) is 0 Å².